The molecule has 3 heteroatoms. The van der Waals surface area contributed by atoms with Crippen LogP contribution in [-0.2, 0) is 6.42 Å². The van der Waals surface area contributed by atoms with E-state index >= 15 is 0 Å². The molecule has 21 heavy (non-hydrogen) atoms. The van der Waals surface area contributed by atoms with Crippen LogP contribution in [0.1, 0.15) is 43.2 Å². The molecule has 0 spiro atoms. The number of phenolic OH excluding ortho intramolecular Hbond substituents is 1. The van der Waals surface area contributed by atoms with E-state index < -0.39 is 0 Å². The molecule has 0 bridgehead atoms. The Morgan fingerprint density at radius 1 is 1.24 bits per heavy atom. The lowest BCUT2D eigenvalue weighted by molar-refractivity contribution is 0.159. The fraction of sp³-hybridized carbons (Fsp3) is 0.444. The van der Waals surface area contributed by atoms with Crippen LogP contribution in [-0.4, -0.2) is 16.3 Å². The predicted molar refractivity (Wildman–Crippen MR) is 87.7 cm³/mol. The summed E-state index contributed by atoms with van der Waals surface area (Å²) in [5.41, 5.74) is 2.95. The Labute approximate surface area is 132 Å². The van der Waals surface area contributed by atoms with Gasteiger partial charge < -0.3 is 10.2 Å². The molecule has 0 amide bonds. The number of halogens is 1. The summed E-state index contributed by atoms with van der Waals surface area (Å²) in [5, 5.41) is 22.3. The fourth-order valence-electron chi connectivity index (χ4n) is 4.55. The quantitative estimate of drug-likeness (QED) is 0.737. The van der Waals surface area contributed by atoms with Gasteiger partial charge in [-0.3, -0.25) is 0 Å². The number of aryl methyl sites for hydroxylation is 1. The minimum Gasteiger partial charge on any atom is -0.508 e. The third-order valence-electron chi connectivity index (χ3n) is 5.59. The molecule has 3 atom stereocenters. The van der Waals surface area contributed by atoms with Crippen molar-refractivity contribution in [3.05, 3.63) is 39.9 Å². The van der Waals surface area contributed by atoms with Gasteiger partial charge in [-0.05, 0) is 83.2 Å². The Morgan fingerprint density at radius 3 is 2.86 bits per heavy atom. The molecule has 2 aliphatic carbocycles. The standard InChI is InChI=1S/C18H19BrO2/c1-18-5-4-12-14-6-10(20)2-3-13(14)17(19)8-15(12)16(18)7-11(21)9-18/h2-3,6,8,11,16,20-21H,4-5,7,9H2,1H3/t11-,16-,18+/m0/s1. The summed E-state index contributed by atoms with van der Waals surface area (Å²) < 4.78 is 1.09. The van der Waals surface area contributed by atoms with E-state index in [4.69, 9.17) is 0 Å². The second-order valence-electron chi connectivity index (χ2n) is 6.96. The molecule has 0 saturated heterocycles. The number of hydrogen-bond acceptors (Lipinski definition) is 2. The number of phenols is 1. The van der Waals surface area contributed by atoms with Crippen molar-refractivity contribution < 1.29 is 10.2 Å². The van der Waals surface area contributed by atoms with Crippen molar-refractivity contribution >= 4 is 26.7 Å². The van der Waals surface area contributed by atoms with Crippen LogP contribution in [0, 0.1) is 5.41 Å². The molecular weight excluding hydrogens is 328 g/mol. The molecule has 1 fully saturated rings. The van der Waals surface area contributed by atoms with E-state index in [-0.39, 0.29) is 11.5 Å². The van der Waals surface area contributed by atoms with Crippen LogP contribution < -0.4 is 0 Å². The number of aromatic hydroxyl groups is 1. The molecule has 0 heterocycles. The van der Waals surface area contributed by atoms with E-state index in [1.165, 1.54) is 11.1 Å². The lowest BCUT2D eigenvalue weighted by atomic mass is 9.66. The zero-order chi connectivity index (χ0) is 14.8. The van der Waals surface area contributed by atoms with Crippen molar-refractivity contribution in [3.63, 3.8) is 0 Å². The normalized spacial score (nSPS) is 31.2. The number of rotatable bonds is 0. The average molecular weight is 347 g/mol. The Morgan fingerprint density at radius 2 is 2.05 bits per heavy atom. The van der Waals surface area contributed by atoms with Gasteiger partial charge in [0.1, 0.15) is 5.75 Å². The molecule has 2 aliphatic rings. The molecule has 0 unspecified atom stereocenters. The van der Waals surface area contributed by atoms with E-state index in [0.29, 0.717) is 11.7 Å². The third kappa shape index (κ3) is 1.94. The molecule has 0 aliphatic heterocycles. The summed E-state index contributed by atoms with van der Waals surface area (Å²) in [7, 11) is 0. The SMILES string of the molecule is C[C@]12CCc3c(cc(Br)c4ccc(O)cc34)[C@@H]1C[C@H](O)C2. The van der Waals surface area contributed by atoms with Gasteiger partial charge in [-0.15, -0.1) is 0 Å². The summed E-state index contributed by atoms with van der Waals surface area (Å²) >= 11 is 3.69. The number of aliphatic hydroxyl groups is 1. The molecular formula is C18H19BrO2. The maximum Gasteiger partial charge on any atom is 0.116 e. The Bertz CT molecular complexity index is 740. The second-order valence-corrected chi connectivity index (χ2v) is 7.81. The van der Waals surface area contributed by atoms with Gasteiger partial charge in [0.25, 0.3) is 0 Å². The van der Waals surface area contributed by atoms with Gasteiger partial charge in [0.15, 0.2) is 0 Å². The maximum absolute atomic E-state index is 10.1. The Kier molecular flexibility index (Phi) is 2.89. The number of fused-ring (bicyclic) bond motifs is 5. The lowest BCUT2D eigenvalue weighted by Crippen LogP contribution is -2.26. The molecule has 2 N–H and O–H groups in total. The molecule has 110 valence electrons. The van der Waals surface area contributed by atoms with Crippen molar-refractivity contribution in [2.75, 3.05) is 0 Å². The number of hydrogen-bond donors (Lipinski definition) is 2. The zero-order valence-electron chi connectivity index (χ0n) is 12.1. The van der Waals surface area contributed by atoms with E-state index in [1.807, 2.05) is 12.1 Å². The number of aliphatic hydroxyl groups excluding tert-OH is 1. The van der Waals surface area contributed by atoms with E-state index in [0.717, 1.165) is 40.9 Å². The smallest absolute Gasteiger partial charge is 0.116 e. The van der Waals surface area contributed by atoms with E-state index in [2.05, 4.69) is 28.9 Å². The monoisotopic (exact) mass is 346 g/mol. The molecule has 2 aromatic carbocycles. The van der Waals surface area contributed by atoms with Gasteiger partial charge in [0.05, 0.1) is 6.10 Å². The van der Waals surface area contributed by atoms with Gasteiger partial charge in [0.2, 0.25) is 0 Å². The van der Waals surface area contributed by atoms with Crippen LogP contribution in [0.3, 0.4) is 0 Å². The van der Waals surface area contributed by atoms with Crippen LogP contribution in [0.15, 0.2) is 28.7 Å². The summed E-state index contributed by atoms with van der Waals surface area (Å²) in [6.07, 6.45) is 3.74. The maximum atomic E-state index is 10.1. The first-order valence-electron chi connectivity index (χ1n) is 7.60. The first-order valence-corrected chi connectivity index (χ1v) is 8.39. The van der Waals surface area contributed by atoms with Gasteiger partial charge in [0, 0.05) is 4.47 Å². The molecule has 1 saturated carbocycles. The van der Waals surface area contributed by atoms with Crippen LogP contribution in [0.5, 0.6) is 5.75 Å². The Hall–Kier alpha value is -1.06. The topological polar surface area (TPSA) is 40.5 Å². The summed E-state index contributed by atoms with van der Waals surface area (Å²) in [5.74, 6) is 0.752. The first kappa shape index (κ1) is 13.6. The van der Waals surface area contributed by atoms with Crippen LogP contribution in [0.2, 0.25) is 0 Å². The van der Waals surface area contributed by atoms with Gasteiger partial charge in [-0.25, -0.2) is 0 Å². The van der Waals surface area contributed by atoms with Gasteiger partial charge in [-0.2, -0.15) is 0 Å². The largest absolute Gasteiger partial charge is 0.508 e. The summed E-state index contributed by atoms with van der Waals surface area (Å²) in [4.78, 5) is 0. The molecule has 0 radical (unpaired) electrons. The zero-order valence-corrected chi connectivity index (χ0v) is 13.7. The highest BCUT2D eigenvalue weighted by molar-refractivity contribution is 9.10. The first-order chi connectivity index (χ1) is 9.98. The predicted octanol–water partition coefficient (Wildman–Crippen LogP) is 4.50. The van der Waals surface area contributed by atoms with Crippen molar-refractivity contribution in [2.24, 2.45) is 5.41 Å². The van der Waals surface area contributed by atoms with Crippen LogP contribution in [0.25, 0.3) is 10.8 Å². The minimum atomic E-state index is -0.176. The summed E-state index contributed by atoms with van der Waals surface area (Å²) in [6.45, 7) is 2.32. The molecule has 2 nitrogen and oxygen atoms in total. The van der Waals surface area contributed by atoms with Crippen LogP contribution in [0.4, 0.5) is 0 Å². The lowest BCUT2D eigenvalue weighted by Gasteiger charge is -2.38. The van der Waals surface area contributed by atoms with E-state index in [9.17, 15) is 10.2 Å². The van der Waals surface area contributed by atoms with Gasteiger partial charge in [-0.1, -0.05) is 22.9 Å². The third-order valence-corrected chi connectivity index (χ3v) is 6.24. The Balaban J connectivity index is 1.99. The fourth-order valence-corrected chi connectivity index (χ4v) is 5.14. The number of benzene rings is 2. The van der Waals surface area contributed by atoms with E-state index in [1.54, 1.807) is 6.07 Å². The highest BCUT2D eigenvalue weighted by atomic mass is 79.9. The molecule has 4 rings (SSSR count). The molecule has 0 aromatic heterocycles. The summed E-state index contributed by atoms with van der Waals surface area (Å²) in [6, 6.07) is 7.85. The minimum absolute atomic E-state index is 0.176. The van der Waals surface area contributed by atoms with Crippen molar-refractivity contribution in [1.29, 1.82) is 0 Å². The van der Waals surface area contributed by atoms with Crippen molar-refractivity contribution in [3.8, 4) is 5.75 Å². The average Bonchev–Trinajstić information content (AvgIpc) is 2.73. The highest BCUT2D eigenvalue weighted by Crippen LogP contribution is 2.57. The molecule has 2 aromatic rings. The van der Waals surface area contributed by atoms with Crippen LogP contribution >= 0.6 is 15.9 Å². The second kappa shape index (κ2) is 4.47. The van der Waals surface area contributed by atoms with Crippen molar-refractivity contribution in [1.82, 2.24) is 0 Å². The van der Waals surface area contributed by atoms with Gasteiger partial charge >= 0.3 is 0 Å². The van der Waals surface area contributed by atoms with Crippen molar-refractivity contribution in [2.45, 2.75) is 44.6 Å². The highest BCUT2D eigenvalue weighted by Gasteiger charge is 2.47.